The average Bonchev–Trinajstić information content (AvgIpc) is 2.38. The largest absolute Gasteiger partial charge is 0.465 e. The molecule has 5 heteroatoms. The minimum Gasteiger partial charge on any atom is -0.465 e. The van der Waals surface area contributed by atoms with E-state index in [1.165, 1.54) is 0 Å². The van der Waals surface area contributed by atoms with Crippen LogP contribution in [-0.4, -0.2) is 23.5 Å². The Kier molecular flexibility index (Phi) is 5.88. The van der Waals surface area contributed by atoms with E-state index in [4.69, 9.17) is 4.74 Å². The molecule has 0 saturated heterocycles. The molecule has 1 aromatic rings. The number of aromatic nitrogens is 1. The van der Waals surface area contributed by atoms with Crippen LogP contribution in [0.4, 0.5) is 0 Å². The molecular weight excluding hydrogens is 268 g/mol. The fraction of sp³-hybridized carbons (Fsp3) is 0.562. The maximum absolute atomic E-state index is 12.5. The summed E-state index contributed by atoms with van der Waals surface area (Å²) in [5.74, 6) is -1.64. The Balaban J connectivity index is 2.85. The molecule has 0 spiro atoms. The van der Waals surface area contributed by atoms with Gasteiger partial charge in [0.05, 0.1) is 12.6 Å². The molecule has 1 N–H and O–H groups in total. The molecule has 0 aliphatic carbocycles. The van der Waals surface area contributed by atoms with Gasteiger partial charge in [-0.25, -0.2) is 0 Å². The Morgan fingerprint density at radius 1 is 1.38 bits per heavy atom. The van der Waals surface area contributed by atoms with Gasteiger partial charge >= 0.3 is 5.97 Å². The predicted octanol–water partition coefficient (Wildman–Crippen LogP) is 2.48. The number of carbonyl (C=O) groups excluding carboxylic acids is 2. The van der Waals surface area contributed by atoms with Crippen molar-refractivity contribution >= 4 is 11.9 Å². The molecule has 1 heterocycles. The molecule has 116 valence electrons. The van der Waals surface area contributed by atoms with E-state index < -0.39 is 17.3 Å². The summed E-state index contributed by atoms with van der Waals surface area (Å²) >= 11 is 0. The summed E-state index contributed by atoms with van der Waals surface area (Å²) in [7, 11) is 0. The van der Waals surface area contributed by atoms with E-state index in [2.05, 4.69) is 10.3 Å². The van der Waals surface area contributed by atoms with Gasteiger partial charge in [-0.3, -0.25) is 14.6 Å². The van der Waals surface area contributed by atoms with Crippen LogP contribution in [0.2, 0.25) is 0 Å². The fourth-order valence-electron chi connectivity index (χ4n) is 2.09. The number of hydrogen-bond donors (Lipinski definition) is 1. The van der Waals surface area contributed by atoms with E-state index in [0.717, 1.165) is 5.56 Å². The normalized spacial score (nSPS) is 14.1. The predicted molar refractivity (Wildman–Crippen MR) is 80.4 cm³/mol. The van der Waals surface area contributed by atoms with Crippen LogP contribution in [-0.2, 0) is 14.3 Å². The fourth-order valence-corrected chi connectivity index (χ4v) is 2.09. The standard InChI is InChI=1S/C16H24N2O3/c1-6-21-15(20)13(16(3,4)5)14(19)18-11(2)12-8-7-9-17-10-12/h7-11,13H,6H2,1-5H3,(H,18,19). The summed E-state index contributed by atoms with van der Waals surface area (Å²) in [6.45, 7) is 9.40. The van der Waals surface area contributed by atoms with Crippen LogP contribution in [0.15, 0.2) is 24.5 Å². The molecule has 2 atom stereocenters. The van der Waals surface area contributed by atoms with Crippen molar-refractivity contribution in [1.29, 1.82) is 0 Å². The molecule has 0 aliphatic rings. The van der Waals surface area contributed by atoms with Gasteiger partial charge in [-0.05, 0) is 30.9 Å². The minimum absolute atomic E-state index is 0.217. The molecule has 1 amide bonds. The summed E-state index contributed by atoms with van der Waals surface area (Å²) in [5.41, 5.74) is 0.382. The third-order valence-electron chi connectivity index (χ3n) is 3.19. The molecule has 1 rings (SSSR count). The number of esters is 1. The van der Waals surface area contributed by atoms with E-state index >= 15 is 0 Å². The van der Waals surface area contributed by atoms with E-state index in [0.29, 0.717) is 0 Å². The van der Waals surface area contributed by atoms with Crippen molar-refractivity contribution in [1.82, 2.24) is 10.3 Å². The third-order valence-corrected chi connectivity index (χ3v) is 3.19. The summed E-state index contributed by atoms with van der Waals surface area (Å²) in [4.78, 5) is 28.5. The Labute approximate surface area is 126 Å². The van der Waals surface area contributed by atoms with Crippen LogP contribution in [0.5, 0.6) is 0 Å². The van der Waals surface area contributed by atoms with Gasteiger partial charge in [0.15, 0.2) is 0 Å². The maximum Gasteiger partial charge on any atom is 0.319 e. The van der Waals surface area contributed by atoms with Gasteiger partial charge in [-0.15, -0.1) is 0 Å². The number of nitrogens with zero attached hydrogens (tertiary/aromatic N) is 1. The second kappa shape index (κ2) is 7.20. The molecular formula is C16H24N2O3. The Bertz CT molecular complexity index is 480. The molecule has 0 aliphatic heterocycles. The Morgan fingerprint density at radius 3 is 2.52 bits per heavy atom. The summed E-state index contributed by atoms with van der Waals surface area (Å²) in [5, 5.41) is 2.86. The van der Waals surface area contributed by atoms with Crippen LogP contribution in [0.25, 0.3) is 0 Å². The SMILES string of the molecule is CCOC(=O)C(C(=O)NC(C)c1cccnc1)C(C)(C)C. The third kappa shape index (κ3) is 4.85. The molecule has 0 radical (unpaired) electrons. The molecule has 0 fully saturated rings. The maximum atomic E-state index is 12.5. The lowest BCUT2D eigenvalue weighted by molar-refractivity contribution is -0.156. The van der Waals surface area contributed by atoms with E-state index in [-0.39, 0.29) is 18.6 Å². The number of rotatable bonds is 5. The van der Waals surface area contributed by atoms with Crippen molar-refractivity contribution in [2.24, 2.45) is 11.3 Å². The van der Waals surface area contributed by atoms with E-state index in [1.54, 1.807) is 19.3 Å². The van der Waals surface area contributed by atoms with Gasteiger partial charge in [0.2, 0.25) is 5.91 Å². The van der Waals surface area contributed by atoms with Crippen molar-refractivity contribution in [2.45, 2.75) is 40.7 Å². The summed E-state index contributed by atoms with van der Waals surface area (Å²) < 4.78 is 5.03. The van der Waals surface area contributed by atoms with Crippen LogP contribution >= 0.6 is 0 Å². The highest BCUT2D eigenvalue weighted by atomic mass is 16.5. The van der Waals surface area contributed by atoms with Crippen LogP contribution in [0.1, 0.15) is 46.2 Å². The highest BCUT2D eigenvalue weighted by Crippen LogP contribution is 2.28. The Morgan fingerprint density at radius 2 is 2.05 bits per heavy atom. The topological polar surface area (TPSA) is 68.3 Å². The first-order valence-electron chi connectivity index (χ1n) is 7.14. The second-order valence-corrected chi connectivity index (χ2v) is 6.07. The number of carbonyl (C=O) groups is 2. The smallest absolute Gasteiger partial charge is 0.319 e. The first-order valence-corrected chi connectivity index (χ1v) is 7.14. The highest BCUT2D eigenvalue weighted by Gasteiger charge is 2.39. The molecule has 5 nitrogen and oxygen atoms in total. The highest BCUT2D eigenvalue weighted by molar-refractivity contribution is 5.98. The molecule has 0 aromatic carbocycles. The zero-order chi connectivity index (χ0) is 16.0. The molecule has 21 heavy (non-hydrogen) atoms. The lowest BCUT2D eigenvalue weighted by Gasteiger charge is -2.28. The van der Waals surface area contributed by atoms with Crippen molar-refractivity contribution in [3.05, 3.63) is 30.1 Å². The lowest BCUT2D eigenvalue weighted by Crippen LogP contribution is -2.44. The zero-order valence-electron chi connectivity index (χ0n) is 13.3. The number of ether oxygens (including phenoxy) is 1. The molecule has 1 aromatic heterocycles. The number of amides is 1. The first kappa shape index (κ1) is 17.1. The van der Waals surface area contributed by atoms with Crippen molar-refractivity contribution in [2.75, 3.05) is 6.61 Å². The summed E-state index contributed by atoms with van der Waals surface area (Å²) in [6, 6.07) is 3.48. The quantitative estimate of drug-likeness (QED) is 0.668. The number of pyridine rings is 1. The molecule has 0 bridgehead atoms. The molecule has 0 saturated carbocycles. The van der Waals surface area contributed by atoms with Gasteiger partial charge < -0.3 is 10.1 Å². The Hall–Kier alpha value is -1.91. The van der Waals surface area contributed by atoms with Crippen molar-refractivity contribution in [3.8, 4) is 0 Å². The van der Waals surface area contributed by atoms with Gasteiger partial charge in [0.1, 0.15) is 5.92 Å². The first-order chi connectivity index (χ1) is 9.77. The van der Waals surface area contributed by atoms with Gasteiger partial charge in [-0.2, -0.15) is 0 Å². The second-order valence-electron chi connectivity index (χ2n) is 6.07. The minimum atomic E-state index is -0.837. The van der Waals surface area contributed by atoms with E-state index in [1.807, 2.05) is 39.8 Å². The number of hydrogen-bond acceptors (Lipinski definition) is 4. The van der Waals surface area contributed by atoms with E-state index in [9.17, 15) is 9.59 Å². The van der Waals surface area contributed by atoms with Crippen LogP contribution < -0.4 is 5.32 Å². The van der Waals surface area contributed by atoms with Crippen LogP contribution in [0.3, 0.4) is 0 Å². The van der Waals surface area contributed by atoms with Gasteiger partial charge in [0, 0.05) is 12.4 Å². The average molecular weight is 292 g/mol. The lowest BCUT2D eigenvalue weighted by atomic mass is 9.80. The monoisotopic (exact) mass is 292 g/mol. The van der Waals surface area contributed by atoms with Crippen LogP contribution in [0, 0.1) is 11.3 Å². The zero-order valence-corrected chi connectivity index (χ0v) is 13.3. The summed E-state index contributed by atoms with van der Waals surface area (Å²) in [6.07, 6.45) is 3.37. The van der Waals surface area contributed by atoms with Gasteiger partial charge in [-0.1, -0.05) is 26.8 Å². The number of nitrogens with one attached hydrogen (secondary N) is 1. The van der Waals surface area contributed by atoms with Crippen molar-refractivity contribution < 1.29 is 14.3 Å². The van der Waals surface area contributed by atoms with Gasteiger partial charge in [0.25, 0.3) is 0 Å². The van der Waals surface area contributed by atoms with Crippen molar-refractivity contribution in [3.63, 3.8) is 0 Å². The molecule has 2 unspecified atom stereocenters.